The van der Waals surface area contributed by atoms with Crippen molar-refractivity contribution in [2.75, 3.05) is 26.9 Å². The highest BCUT2D eigenvalue weighted by Gasteiger charge is 2.45. The van der Waals surface area contributed by atoms with Crippen LogP contribution in [0, 0.1) is 6.92 Å². The monoisotopic (exact) mass is 437 g/mol. The minimum Gasteiger partial charge on any atom is -0.507 e. The normalized spacial score (nSPS) is 17.7. The summed E-state index contributed by atoms with van der Waals surface area (Å²) < 4.78 is 10.9. The van der Waals surface area contributed by atoms with Crippen molar-refractivity contribution in [3.63, 3.8) is 0 Å². The summed E-state index contributed by atoms with van der Waals surface area (Å²) in [4.78, 5) is 27.4. The quantitative estimate of drug-likeness (QED) is 0.254. The molecule has 2 aromatic rings. The number of rotatable bonds is 10. The van der Waals surface area contributed by atoms with Crippen LogP contribution in [0.25, 0.3) is 5.76 Å². The van der Waals surface area contributed by atoms with Crippen LogP contribution < -0.4 is 4.74 Å². The van der Waals surface area contributed by atoms with Crippen LogP contribution in [0.15, 0.2) is 54.1 Å². The fourth-order valence-corrected chi connectivity index (χ4v) is 3.91. The van der Waals surface area contributed by atoms with E-state index in [2.05, 4.69) is 6.92 Å². The summed E-state index contributed by atoms with van der Waals surface area (Å²) in [7, 11) is 1.60. The predicted octanol–water partition coefficient (Wildman–Crippen LogP) is 4.63. The maximum absolute atomic E-state index is 13.0. The Morgan fingerprint density at radius 1 is 1.06 bits per heavy atom. The average Bonchev–Trinajstić information content (AvgIpc) is 3.05. The number of aryl methyl sites for hydroxylation is 1. The second-order valence-corrected chi connectivity index (χ2v) is 7.93. The molecule has 6 nitrogen and oxygen atoms in total. The Bertz CT molecular complexity index is 983. The predicted molar refractivity (Wildman–Crippen MR) is 124 cm³/mol. The van der Waals surface area contributed by atoms with E-state index < -0.39 is 17.7 Å². The molecule has 0 saturated carbocycles. The van der Waals surface area contributed by atoms with E-state index in [0.29, 0.717) is 31.7 Å². The van der Waals surface area contributed by atoms with Crippen molar-refractivity contribution in [2.24, 2.45) is 0 Å². The first-order valence-electron chi connectivity index (χ1n) is 11.1. The van der Waals surface area contributed by atoms with E-state index in [1.807, 2.05) is 37.3 Å². The van der Waals surface area contributed by atoms with Crippen LogP contribution in [-0.4, -0.2) is 48.6 Å². The number of aliphatic hydroxyl groups excluding tert-OH is 1. The van der Waals surface area contributed by atoms with Gasteiger partial charge in [0.05, 0.1) is 18.2 Å². The molecule has 1 N–H and O–H groups in total. The zero-order valence-corrected chi connectivity index (χ0v) is 19.0. The summed E-state index contributed by atoms with van der Waals surface area (Å²) in [6.45, 7) is 5.46. The molecule has 1 amide bonds. The van der Waals surface area contributed by atoms with Gasteiger partial charge in [-0.05, 0) is 49.1 Å². The molecular weight excluding hydrogens is 406 g/mol. The van der Waals surface area contributed by atoms with Gasteiger partial charge in [0.2, 0.25) is 0 Å². The van der Waals surface area contributed by atoms with E-state index in [1.54, 1.807) is 25.3 Å². The van der Waals surface area contributed by atoms with Gasteiger partial charge in [-0.25, -0.2) is 0 Å². The Morgan fingerprint density at radius 2 is 1.81 bits per heavy atom. The molecule has 0 bridgehead atoms. The molecule has 170 valence electrons. The van der Waals surface area contributed by atoms with Gasteiger partial charge in [-0.2, -0.15) is 0 Å². The van der Waals surface area contributed by atoms with Crippen LogP contribution in [-0.2, 0) is 14.3 Å². The Morgan fingerprint density at radius 3 is 2.47 bits per heavy atom. The van der Waals surface area contributed by atoms with Crippen molar-refractivity contribution in [2.45, 2.75) is 39.2 Å². The zero-order valence-electron chi connectivity index (χ0n) is 19.0. The largest absolute Gasteiger partial charge is 0.507 e. The van der Waals surface area contributed by atoms with E-state index in [0.717, 1.165) is 29.7 Å². The maximum atomic E-state index is 13.0. The van der Waals surface area contributed by atoms with Gasteiger partial charge in [0, 0.05) is 25.8 Å². The number of carbonyl (C=O) groups is 2. The molecule has 1 unspecified atom stereocenters. The SMILES string of the molecule is CCCCOc1ccc(/C(O)=C2\C(=O)C(=O)N(CCCOC)C2c2ccccc2)cc1C. The van der Waals surface area contributed by atoms with Gasteiger partial charge in [-0.15, -0.1) is 0 Å². The maximum Gasteiger partial charge on any atom is 0.295 e. The molecule has 1 aliphatic rings. The number of Topliss-reactive ketones (excluding diaryl/α,β-unsaturated/α-hetero) is 1. The number of likely N-dealkylation sites (tertiary alicyclic amines) is 1. The van der Waals surface area contributed by atoms with Crippen molar-refractivity contribution >= 4 is 17.4 Å². The fourth-order valence-electron chi connectivity index (χ4n) is 3.91. The van der Waals surface area contributed by atoms with Gasteiger partial charge < -0.3 is 19.5 Å². The summed E-state index contributed by atoms with van der Waals surface area (Å²) in [5, 5.41) is 11.2. The zero-order chi connectivity index (χ0) is 23.1. The summed E-state index contributed by atoms with van der Waals surface area (Å²) in [6, 6.07) is 14.0. The van der Waals surface area contributed by atoms with Crippen LogP contribution in [0.4, 0.5) is 0 Å². The van der Waals surface area contributed by atoms with Gasteiger partial charge >= 0.3 is 0 Å². The van der Waals surface area contributed by atoms with Gasteiger partial charge in [-0.3, -0.25) is 9.59 Å². The number of unbranched alkanes of at least 4 members (excludes halogenated alkanes) is 1. The highest BCUT2D eigenvalue weighted by Crippen LogP contribution is 2.39. The summed E-state index contributed by atoms with van der Waals surface area (Å²) in [6.07, 6.45) is 2.60. The molecule has 0 radical (unpaired) electrons. The van der Waals surface area contributed by atoms with Gasteiger partial charge in [0.25, 0.3) is 11.7 Å². The van der Waals surface area contributed by atoms with Crippen LogP contribution in [0.2, 0.25) is 0 Å². The number of benzene rings is 2. The standard InChI is InChI=1S/C26H31NO5/c1-4-5-16-32-21-13-12-20(17-18(21)2)24(28)22-23(19-10-7-6-8-11-19)27(14-9-15-31-3)26(30)25(22)29/h6-8,10-13,17,23,28H,4-5,9,14-16H2,1-3H3/b24-22+. The van der Waals surface area contributed by atoms with Crippen molar-refractivity contribution in [3.05, 3.63) is 70.8 Å². The van der Waals surface area contributed by atoms with Crippen molar-refractivity contribution in [3.8, 4) is 5.75 Å². The minimum atomic E-state index is -0.672. The number of amides is 1. The molecule has 1 atom stereocenters. The van der Waals surface area contributed by atoms with E-state index in [-0.39, 0.29) is 11.3 Å². The number of aliphatic hydroxyl groups is 1. The number of ketones is 1. The number of hydrogen-bond acceptors (Lipinski definition) is 5. The Labute approximate surface area is 189 Å². The van der Waals surface area contributed by atoms with Gasteiger partial charge in [0.1, 0.15) is 11.5 Å². The van der Waals surface area contributed by atoms with Crippen LogP contribution in [0.1, 0.15) is 48.9 Å². The highest BCUT2D eigenvalue weighted by atomic mass is 16.5. The second kappa shape index (κ2) is 11.0. The summed E-state index contributed by atoms with van der Waals surface area (Å²) >= 11 is 0. The molecule has 6 heteroatoms. The van der Waals surface area contributed by atoms with Crippen molar-refractivity contribution in [1.82, 2.24) is 4.90 Å². The lowest BCUT2D eigenvalue weighted by Gasteiger charge is -2.25. The lowest BCUT2D eigenvalue weighted by molar-refractivity contribution is -0.140. The number of nitrogens with zero attached hydrogens (tertiary/aromatic N) is 1. The molecule has 1 aliphatic heterocycles. The summed E-state index contributed by atoms with van der Waals surface area (Å²) in [5.41, 5.74) is 2.23. The molecule has 1 fully saturated rings. The van der Waals surface area contributed by atoms with E-state index in [1.165, 1.54) is 4.90 Å². The van der Waals surface area contributed by atoms with Gasteiger partial charge in [0.15, 0.2) is 0 Å². The van der Waals surface area contributed by atoms with E-state index in [4.69, 9.17) is 9.47 Å². The molecule has 0 spiro atoms. The molecule has 3 rings (SSSR count). The number of methoxy groups -OCH3 is 1. The fraction of sp³-hybridized carbons (Fsp3) is 0.385. The lowest BCUT2D eigenvalue weighted by atomic mass is 9.95. The topological polar surface area (TPSA) is 76.1 Å². The number of ether oxygens (including phenoxy) is 2. The number of hydrogen-bond donors (Lipinski definition) is 1. The number of carbonyl (C=O) groups excluding carboxylic acids is 2. The summed E-state index contributed by atoms with van der Waals surface area (Å²) in [5.74, 6) is -0.702. The van der Waals surface area contributed by atoms with Crippen LogP contribution >= 0.6 is 0 Å². The molecule has 32 heavy (non-hydrogen) atoms. The molecule has 0 aromatic heterocycles. The third kappa shape index (κ3) is 5.02. The van der Waals surface area contributed by atoms with Crippen molar-refractivity contribution in [1.29, 1.82) is 0 Å². The lowest BCUT2D eigenvalue weighted by Crippen LogP contribution is -2.31. The highest BCUT2D eigenvalue weighted by molar-refractivity contribution is 6.46. The molecule has 1 saturated heterocycles. The third-order valence-electron chi connectivity index (χ3n) is 5.61. The first-order chi connectivity index (χ1) is 15.5. The van der Waals surface area contributed by atoms with Crippen molar-refractivity contribution < 1.29 is 24.2 Å². The third-order valence-corrected chi connectivity index (χ3v) is 5.61. The Balaban J connectivity index is 2.01. The first kappa shape index (κ1) is 23.5. The Kier molecular flexibility index (Phi) is 8.06. The van der Waals surface area contributed by atoms with Crippen LogP contribution in [0.3, 0.4) is 0 Å². The second-order valence-electron chi connectivity index (χ2n) is 7.93. The molecular formula is C26H31NO5. The van der Waals surface area contributed by atoms with E-state index in [9.17, 15) is 14.7 Å². The minimum absolute atomic E-state index is 0.109. The molecule has 0 aliphatic carbocycles. The smallest absolute Gasteiger partial charge is 0.295 e. The van der Waals surface area contributed by atoms with Crippen LogP contribution in [0.5, 0.6) is 5.75 Å². The average molecular weight is 438 g/mol. The van der Waals surface area contributed by atoms with E-state index >= 15 is 0 Å². The Hall–Kier alpha value is -3.12. The first-order valence-corrected chi connectivity index (χ1v) is 11.1. The molecule has 2 aromatic carbocycles. The molecule has 1 heterocycles. The van der Waals surface area contributed by atoms with Gasteiger partial charge in [-0.1, -0.05) is 43.7 Å².